The molecule has 1 aliphatic heterocycles. The van der Waals surface area contributed by atoms with Crippen molar-refractivity contribution in [2.75, 3.05) is 0 Å². The van der Waals surface area contributed by atoms with E-state index in [0.717, 1.165) is 12.8 Å². The Labute approximate surface area is 228 Å². The molecule has 1 spiro atoms. The molecular formula is C33H32N2O4. The van der Waals surface area contributed by atoms with Crippen molar-refractivity contribution < 1.29 is 19.7 Å². The molecule has 0 saturated heterocycles. The molecule has 6 nitrogen and oxygen atoms in total. The summed E-state index contributed by atoms with van der Waals surface area (Å²) >= 11 is 0. The van der Waals surface area contributed by atoms with Gasteiger partial charge in [-0.25, -0.2) is 0 Å². The topological polar surface area (TPSA) is 107 Å². The molecule has 0 aromatic heterocycles. The van der Waals surface area contributed by atoms with Crippen LogP contribution < -0.4 is 9.47 Å². The zero-order valence-corrected chi connectivity index (χ0v) is 23.1. The number of fused-ring (bicyclic) bond motifs is 7. The van der Waals surface area contributed by atoms with Crippen LogP contribution in [0.5, 0.6) is 11.5 Å². The molecule has 5 unspecified atom stereocenters. The maximum Gasteiger partial charge on any atom is 0.179 e. The van der Waals surface area contributed by atoms with E-state index >= 15 is 0 Å². The smallest absolute Gasteiger partial charge is 0.179 e. The summed E-state index contributed by atoms with van der Waals surface area (Å²) in [4.78, 5) is 0. The summed E-state index contributed by atoms with van der Waals surface area (Å²) < 4.78 is 12.6. The third kappa shape index (κ3) is 2.80. The van der Waals surface area contributed by atoms with Gasteiger partial charge >= 0.3 is 0 Å². The fourth-order valence-corrected chi connectivity index (χ4v) is 8.38. The van der Waals surface area contributed by atoms with Gasteiger partial charge in [0, 0.05) is 5.41 Å². The zero-order valence-electron chi connectivity index (χ0n) is 23.1. The molecule has 4 aliphatic carbocycles. The molecule has 5 atom stereocenters. The van der Waals surface area contributed by atoms with Crippen molar-refractivity contribution >= 4 is 0 Å². The third-order valence-electron chi connectivity index (χ3n) is 10.3. The molecule has 6 heteroatoms. The van der Waals surface area contributed by atoms with E-state index in [1.54, 1.807) is 0 Å². The van der Waals surface area contributed by atoms with E-state index < -0.39 is 23.7 Å². The Morgan fingerprint density at radius 2 is 1.08 bits per heavy atom. The lowest BCUT2D eigenvalue weighted by Crippen LogP contribution is -2.45. The van der Waals surface area contributed by atoms with Crippen molar-refractivity contribution in [3.05, 3.63) is 80.3 Å². The summed E-state index contributed by atoms with van der Waals surface area (Å²) in [6.45, 7) is 13.9. The van der Waals surface area contributed by atoms with Crippen LogP contribution in [0.25, 0.3) is 0 Å². The highest BCUT2D eigenvalue weighted by molar-refractivity contribution is 5.66. The van der Waals surface area contributed by atoms with Crippen LogP contribution in [0.2, 0.25) is 0 Å². The number of aliphatic hydroxyl groups is 2. The van der Waals surface area contributed by atoms with Crippen LogP contribution in [0.1, 0.15) is 99.6 Å². The Hall–Kier alpha value is -3.90. The molecule has 0 fully saturated rings. The van der Waals surface area contributed by atoms with E-state index in [9.17, 15) is 20.7 Å². The minimum absolute atomic E-state index is 0.00878. The Kier molecular flexibility index (Phi) is 4.45. The molecule has 0 radical (unpaired) electrons. The van der Waals surface area contributed by atoms with Gasteiger partial charge < -0.3 is 19.7 Å². The van der Waals surface area contributed by atoms with E-state index in [1.165, 1.54) is 33.4 Å². The first kappa shape index (κ1) is 24.2. The van der Waals surface area contributed by atoms with Crippen molar-refractivity contribution in [3.63, 3.8) is 0 Å². The normalized spacial score (nSPS) is 32.0. The Bertz CT molecular complexity index is 1660. The van der Waals surface area contributed by atoms with Gasteiger partial charge in [0.2, 0.25) is 0 Å². The Morgan fingerprint density at radius 1 is 0.692 bits per heavy atom. The van der Waals surface area contributed by atoms with Crippen molar-refractivity contribution in [2.45, 2.75) is 94.7 Å². The largest absolute Gasteiger partial charge is 0.503 e. The van der Waals surface area contributed by atoms with E-state index in [1.807, 2.05) is 18.2 Å². The van der Waals surface area contributed by atoms with Crippen LogP contribution in [0, 0.1) is 22.7 Å². The quantitative estimate of drug-likeness (QED) is 0.398. The van der Waals surface area contributed by atoms with Crippen LogP contribution >= 0.6 is 0 Å². The number of aliphatic hydroxyl groups excluding tert-OH is 2. The van der Waals surface area contributed by atoms with Gasteiger partial charge in [0.25, 0.3) is 0 Å². The van der Waals surface area contributed by atoms with Crippen molar-refractivity contribution in [3.8, 4) is 23.6 Å². The van der Waals surface area contributed by atoms with Gasteiger partial charge in [0.05, 0.1) is 0 Å². The van der Waals surface area contributed by atoms with Crippen molar-refractivity contribution in [1.82, 2.24) is 0 Å². The lowest BCUT2D eigenvalue weighted by molar-refractivity contribution is 0.0572. The molecule has 0 saturated carbocycles. The molecule has 2 aromatic carbocycles. The van der Waals surface area contributed by atoms with Gasteiger partial charge in [-0.15, -0.1) is 0 Å². The molecule has 2 aromatic rings. The molecule has 198 valence electrons. The number of benzene rings is 2. The maximum atomic E-state index is 10.4. The molecule has 0 amide bonds. The highest BCUT2D eigenvalue weighted by Gasteiger charge is 2.58. The average molecular weight is 521 g/mol. The second-order valence-corrected chi connectivity index (χ2v) is 13.5. The fraction of sp³-hybridized carbons (Fsp3) is 0.455. The number of rotatable bonds is 0. The fourth-order valence-electron chi connectivity index (χ4n) is 8.38. The number of hydrogen-bond acceptors (Lipinski definition) is 6. The predicted molar refractivity (Wildman–Crippen MR) is 145 cm³/mol. The standard InChI is InChI=1S/C33H32N2O4/c1-15-16(2)18-8-23-21(7-17(15)18)31(3,4)13-33(23)14-32(5,6)22-9-25-26(10-24(22)33)39-30-20(12-35)28(37)27(36)19(11-34)29(30)38-25/h7-10,15-16,29-30,36-37H,13-14H2,1-6H3. The summed E-state index contributed by atoms with van der Waals surface area (Å²) in [7, 11) is 0. The molecule has 7 rings (SSSR count). The van der Waals surface area contributed by atoms with Crippen LogP contribution in [-0.2, 0) is 16.2 Å². The number of hydrogen-bond donors (Lipinski definition) is 2. The van der Waals surface area contributed by atoms with Crippen molar-refractivity contribution in [1.29, 1.82) is 10.5 Å². The molecule has 5 aliphatic rings. The van der Waals surface area contributed by atoms with Gasteiger partial charge in [-0.3, -0.25) is 0 Å². The summed E-state index contributed by atoms with van der Waals surface area (Å²) in [6, 6.07) is 12.9. The minimum atomic E-state index is -1.02. The van der Waals surface area contributed by atoms with Crippen LogP contribution in [0.4, 0.5) is 0 Å². The number of nitrogens with zero attached hydrogens (tertiary/aromatic N) is 2. The first-order valence-electron chi connectivity index (χ1n) is 13.7. The SMILES string of the molecule is CC1c2cc3c(cc2C1C)C1(CC(C)(C)c2cc4c(cc21)OC1C(C#N)=C(O)C(O)=C(C#N)C1O4)CC3(C)C. The van der Waals surface area contributed by atoms with Crippen LogP contribution in [-0.4, -0.2) is 22.4 Å². The Balaban J connectivity index is 1.42. The van der Waals surface area contributed by atoms with E-state index in [4.69, 9.17) is 9.47 Å². The summed E-state index contributed by atoms with van der Waals surface area (Å²) in [5, 5.41) is 40.3. The van der Waals surface area contributed by atoms with Gasteiger partial charge in [-0.05, 0) is 81.0 Å². The van der Waals surface area contributed by atoms with Crippen LogP contribution in [0.15, 0.2) is 46.9 Å². The molecule has 39 heavy (non-hydrogen) atoms. The van der Waals surface area contributed by atoms with Gasteiger partial charge in [0.1, 0.15) is 23.3 Å². The molecule has 2 N–H and O–H groups in total. The van der Waals surface area contributed by atoms with Gasteiger partial charge in [-0.2, -0.15) is 10.5 Å². The second-order valence-electron chi connectivity index (χ2n) is 13.5. The summed E-state index contributed by atoms with van der Waals surface area (Å²) in [5.41, 5.74) is 7.61. The lowest BCUT2D eigenvalue weighted by Gasteiger charge is -2.38. The number of nitriles is 2. The van der Waals surface area contributed by atoms with E-state index in [-0.39, 0.29) is 27.4 Å². The first-order valence-corrected chi connectivity index (χ1v) is 13.7. The molecule has 0 bridgehead atoms. The second kappa shape index (κ2) is 7.19. The highest BCUT2D eigenvalue weighted by atomic mass is 16.6. The zero-order chi connectivity index (χ0) is 27.8. The van der Waals surface area contributed by atoms with Gasteiger partial charge in [-0.1, -0.05) is 53.7 Å². The number of ether oxygens (including phenoxy) is 2. The molecular weight excluding hydrogens is 488 g/mol. The Morgan fingerprint density at radius 3 is 1.54 bits per heavy atom. The van der Waals surface area contributed by atoms with Gasteiger partial charge in [0.15, 0.2) is 35.2 Å². The minimum Gasteiger partial charge on any atom is -0.503 e. The summed E-state index contributed by atoms with van der Waals surface area (Å²) in [6.07, 6.45) is -0.0927. The van der Waals surface area contributed by atoms with Crippen molar-refractivity contribution in [2.24, 2.45) is 0 Å². The first-order chi connectivity index (χ1) is 18.3. The third-order valence-corrected chi connectivity index (χ3v) is 10.3. The van der Waals surface area contributed by atoms with E-state index in [0.29, 0.717) is 23.3 Å². The van der Waals surface area contributed by atoms with Crippen LogP contribution in [0.3, 0.4) is 0 Å². The monoisotopic (exact) mass is 520 g/mol. The molecule has 1 heterocycles. The maximum absolute atomic E-state index is 10.4. The lowest BCUT2D eigenvalue weighted by atomic mass is 9.66. The summed E-state index contributed by atoms with van der Waals surface area (Å²) in [5.74, 6) is 0.837. The van der Waals surface area contributed by atoms with E-state index in [2.05, 4.69) is 59.7 Å². The predicted octanol–water partition coefficient (Wildman–Crippen LogP) is 6.75. The average Bonchev–Trinajstić information content (AvgIpc) is 3.25. The highest BCUT2D eigenvalue weighted by Crippen LogP contribution is 2.65.